The first-order valence-corrected chi connectivity index (χ1v) is 11.9. The van der Waals surface area contributed by atoms with Crippen molar-refractivity contribution < 1.29 is 17.0 Å². The predicted octanol–water partition coefficient (Wildman–Crippen LogP) is 0.238. The quantitative estimate of drug-likeness (QED) is 0.536. The number of nitrogens with two attached hydrogens (primary N) is 1. The molecule has 0 spiro atoms. The molecule has 5 heterocycles. The van der Waals surface area contributed by atoms with Gasteiger partial charge in [-0.15, -0.1) is 5.10 Å². The molecule has 0 saturated carbocycles. The Labute approximate surface area is 179 Å². The summed E-state index contributed by atoms with van der Waals surface area (Å²) >= 11 is 0. The van der Waals surface area contributed by atoms with Crippen LogP contribution in [0.3, 0.4) is 0 Å². The number of furan rings is 1. The molecule has 13 heteroatoms. The van der Waals surface area contributed by atoms with Crippen LogP contribution in [0.15, 0.2) is 22.8 Å². The largest absolute Gasteiger partial charge is 0.461 e. The SMILES string of the molecule is CS(=O)(=O)OC[C@H]1CC[C@H]2CN(c3nc(N)n4nc(-c5ccco5)nc4n3)CCN2C1. The lowest BCUT2D eigenvalue weighted by molar-refractivity contribution is 0.0741. The van der Waals surface area contributed by atoms with Gasteiger partial charge in [0.05, 0.1) is 19.1 Å². The van der Waals surface area contributed by atoms with Crippen LogP contribution in [-0.2, 0) is 14.3 Å². The number of hydrogen-bond donors (Lipinski definition) is 1. The second kappa shape index (κ2) is 7.73. The zero-order chi connectivity index (χ0) is 21.6. The van der Waals surface area contributed by atoms with Gasteiger partial charge in [0.15, 0.2) is 5.76 Å². The third-order valence-electron chi connectivity index (χ3n) is 5.77. The Bertz CT molecular complexity index is 1180. The third kappa shape index (κ3) is 4.20. The van der Waals surface area contributed by atoms with E-state index in [0.29, 0.717) is 29.4 Å². The number of nitrogen functional groups attached to an aromatic ring is 1. The minimum absolute atomic E-state index is 0.217. The van der Waals surface area contributed by atoms with E-state index in [9.17, 15) is 8.42 Å². The van der Waals surface area contributed by atoms with Gasteiger partial charge in [0.2, 0.25) is 17.7 Å². The van der Waals surface area contributed by atoms with E-state index in [-0.39, 0.29) is 18.5 Å². The number of nitrogens with zero attached hydrogens (tertiary/aromatic N) is 7. The van der Waals surface area contributed by atoms with E-state index in [1.165, 1.54) is 4.52 Å². The summed E-state index contributed by atoms with van der Waals surface area (Å²) in [5.41, 5.74) is 6.13. The maximum atomic E-state index is 11.3. The van der Waals surface area contributed by atoms with Crippen molar-refractivity contribution in [3.63, 3.8) is 0 Å². The molecular formula is C18H24N8O4S. The molecular weight excluding hydrogens is 424 g/mol. The van der Waals surface area contributed by atoms with E-state index >= 15 is 0 Å². The molecule has 3 aromatic heterocycles. The van der Waals surface area contributed by atoms with Crippen LogP contribution in [0.25, 0.3) is 17.4 Å². The van der Waals surface area contributed by atoms with Gasteiger partial charge in [0, 0.05) is 32.2 Å². The van der Waals surface area contributed by atoms with E-state index in [4.69, 9.17) is 14.3 Å². The molecule has 2 aliphatic rings. The summed E-state index contributed by atoms with van der Waals surface area (Å²) in [5.74, 6) is 2.29. The molecule has 166 valence electrons. The normalized spacial score (nSPS) is 22.7. The van der Waals surface area contributed by atoms with Crippen molar-refractivity contribution in [3.8, 4) is 11.6 Å². The molecule has 0 radical (unpaired) electrons. The van der Waals surface area contributed by atoms with Gasteiger partial charge in [-0.3, -0.25) is 9.08 Å². The molecule has 3 aromatic rings. The van der Waals surface area contributed by atoms with Crippen molar-refractivity contribution in [2.45, 2.75) is 18.9 Å². The number of anilines is 2. The Balaban J connectivity index is 1.29. The maximum absolute atomic E-state index is 11.3. The topological polar surface area (TPSA) is 145 Å². The predicted molar refractivity (Wildman–Crippen MR) is 112 cm³/mol. The van der Waals surface area contributed by atoms with Gasteiger partial charge in [-0.1, -0.05) is 0 Å². The van der Waals surface area contributed by atoms with Crippen molar-refractivity contribution in [1.82, 2.24) is 29.5 Å². The van der Waals surface area contributed by atoms with Crippen molar-refractivity contribution in [1.29, 1.82) is 0 Å². The van der Waals surface area contributed by atoms with E-state index < -0.39 is 10.1 Å². The van der Waals surface area contributed by atoms with Crippen LogP contribution >= 0.6 is 0 Å². The zero-order valence-corrected chi connectivity index (χ0v) is 17.9. The smallest absolute Gasteiger partial charge is 0.264 e. The average Bonchev–Trinajstić information content (AvgIpc) is 3.41. The molecule has 2 saturated heterocycles. The first-order valence-electron chi connectivity index (χ1n) is 10.1. The average molecular weight is 449 g/mol. The summed E-state index contributed by atoms with van der Waals surface area (Å²) in [4.78, 5) is 18.0. The maximum Gasteiger partial charge on any atom is 0.264 e. The van der Waals surface area contributed by atoms with Gasteiger partial charge in [0.1, 0.15) is 0 Å². The molecule has 12 nitrogen and oxygen atoms in total. The first kappa shape index (κ1) is 20.2. The molecule has 2 N–H and O–H groups in total. The second-order valence-corrected chi connectivity index (χ2v) is 9.68. The van der Waals surface area contributed by atoms with Gasteiger partial charge in [-0.25, -0.2) is 0 Å². The van der Waals surface area contributed by atoms with Crippen LogP contribution in [0.1, 0.15) is 12.8 Å². The Kier molecular flexibility index (Phi) is 5.02. The lowest BCUT2D eigenvalue weighted by Gasteiger charge is -2.46. The molecule has 0 amide bonds. The lowest BCUT2D eigenvalue weighted by atomic mass is 9.92. The standard InChI is InChI=1S/C18H24N8O4S/c1-31(27,28)30-11-12-4-5-13-10-25(7-6-24(13)9-12)17-21-16(19)26-18(22-17)20-15(23-26)14-3-2-8-29-14/h2-3,8,12-13H,4-7,9-11H2,1H3,(H2,19,20,21,22,23)/t12-,13-/m0/s1. The molecule has 2 atom stereocenters. The van der Waals surface area contributed by atoms with E-state index in [0.717, 1.165) is 45.3 Å². The fourth-order valence-electron chi connectivity index (χ4n) is 4.24. The Hall–Kier alpha value is -2.77. The van der Waals surface area contributed by atoms with Gasteiger partial charge in [-0.2, -0.15) is 27.9 Å². The molecule has 0 aromatic carbocycles. The first-order chi connectivity index (χ1) is 14.9. The highest BCUT2D eigenvalue weighted by atomic mass is 32.2. The second-order valence-electron chi connectivity index (χ2n) is 8.03. The molecule has 2 fully saturated rings. The molecule has 2 aliphatic heterocycles. The van der Waals surface area contributed by atoms with Crippen LogP contribution < -0.4 is 10.6 Å². The number of aromatic nitrogens is 5. The van der Waals surface area contributed by atoms with Crippen LogP contribution in [-0.4, -0.2) is 83.0 Å². The molecule has 0 unspecified atom stereocenters. The summed E-state index contributed by atoms with van der Waals surface area (Å²) in [7, 11) is -3.41. The van der Waals surface area contributed by atoms with Gasteiger partial charge >= 0.3 is 0 Å². The summed E-state index contributed by atoms with van der Waals surface area (Å²) in [6, 6.07) is 3.89. The summed E-state index contributed by atoms with van der Waals surface area (Å²) in [6.07, 6.45) is 4.53. The zero-order valence-electron chi connectivity index (χ0n) is 17.1. The monoisotopic (exact) mass is 448 g/mol. The van der Waals surface area contributed by atoms with E-state index in [2.05, 4.69) is 29.9 Å². The Morgan fingerprint density at radius 1 is 1.23 bits per heavy atom. The highest BCUT2D eigenvalue weighted by Gasteiger charge is 2.34. The van der Waals surface area contributed by atoms with Gasteiger partial charge < -0.3 is 15.1 Å². The Morgan fingerprint density at radius 2 is 2.10 bits per heavy atom. The van der Waals surface area contributed by atoms with E-state index in [1.807, 2.05) is 0 Å². The van der Waals surface area contributed by atoms with Crippen LogP contribution in [0, 0.1) is 5.92 Å². The lowest BCUT2D eigenvalue weighted by Crippen LogP contribution is -2.57. The summed E-state index contributed by atoms with van der Waals surface area (Å²) in [6.45, 7) is 3.41. The number of piperidine rings is 1. The van der Waals surface area contributed by atoms with Crippen molar-refractivity contribution >= 4 is 27.8 Å². The molecule has 31 heavy (non-hydrogen) atoms. The third-order valence-corrected chi connectivity index (χ3v) is 6.33. The van der Waals surface area contributed by atoms with Gasteiger partial charge in [-0.05, 0) is 30.9 Å². The highest BCUT2D eigenvalue weighted by Crippen LogP contribution is 2.27. The highest BCUT2D eigenvalue weighted by molar-refractivity contribution is 7.85. The number of hydrogen-bond acceptors (Lipinski definition) is 11. The molecule has 0 bridgehead atoms. The summed E-state index contributed by atoms with van der Waals surface area (Å²) < 4.78 is 34.3. The number of piperazine rings is 1. The number of fused-ring (bicyclic) bond motifs is 2. The minimum atomic E-state index is -3.41. The minimum Gasteiger partial charge on any atom is -0.461 e. The molecule has 5 rings (SSSR count). The fraction of sp³-hybridized carbons (Fsp3) is 0.556. The van der Waals surface area contributed by atoms with Crippen LogP contribution in [0.2, 0.25) is 0 Å². The molecule has 0 aliphatic carbocycles. The van der Waals surface area contributed by atoms with Crippen molar-refractivity contribution in [2.24, 2.45) is 5.92 Å². The van der Waals surface area contributed by atoms with Crippen LogP contribution in [0.5, 0.6) is 0 Å². The Morgan fingerprint density at radius 3 is 2.87 bits per heavy atom. The fourth-order valence-corrected chi connectivity index (χ4v) is 4.68. The van der Waals surface area contributed by atoms with Gasteiger partial charge in [0.25, 0.3) is 15.9 Å². The van der Waals surface area contributed by atoms with E-state index in [1.54, 1.807) is 18.4 Å². The van der Waals surface area contributed by atoms with Crippen LogP contribution in [0.4, 0.5) is 11.9 Å². The van der Waals surface area contributed by atoms with Crippen molar-refractivity contribution in [3.05, 3.63) is 18.4 Å². The van der Waals surface area contributed by atoms with Crippen molar-refractivity contribution in [2.75, 3.05) is 49.7 Å². The number of rotatable bonds is 5. The summed E-state index contributed by atoms with van der Waals surface area (Å²) in [5, 5.41) is 4.33.